The molecule has 1 N–H and O–H groups in total. The van der Waals surface area contributed by atoms with Gasteiger partial charge in [-0.15, -0.1) is 11.3 Å². The van der Waals surface area contributed by atoms with Gasteiger partial charge in [-0.25, -0.2) is 0 Å². The van der Waals surface area contributed by atoms with Crippen molar-refractivity contribution in [1.82, 2.24) is 10.2 Å². The molecule has 94 valence electrons. The van der Waals surface area contributed by atoms with E-state index in [1.807, 2.05) is 0 Å². The van der Waals surface area contributed by atoms with E-state index in [-0.39, 0.29) is 0 Å². The van der Waals surface area contributed by atoms with Crippen molar-refractivity contribution >= 4 is 22.9 Å². The highest BCUT2D eigenvalue weighted by Crippen LogP contribution is 2.39. The van der Waals surface area contributed by atoms with Crippen LogP contribution in [0.15, 0.2) is 6.07 Å². The molecule has 0 saturated carbocycles. The van der Waals surface area contributed by atoms with Crippen LogP contribution in [0.5, 0.6) is 0 Å². The van der Waals surface area contributed by atoms with Crippen LogP contribution in [0.3, 0.4) is 0 Å². The molecule has 0 aromatic carbocycles. The average molecular weight is 271 g/mol. The summed E-state index contributed by atoms with van der Waals surface area (Å²) in [5.41, 5.74) is 1.47. The number of hydrogen-bond donors (Lipinski definition) is 1. The smallest absolute Gasteiger partial charge is 0.0934 e. The van der Waals surface area contributed by atoms with Crippen molar-refractivity contribution in [1.29, 1.82) is 0 Å². The first kappa shape index (κ1) is 12.0. The summed E-state index contributed by atoms with van der Waals surface area (Å²) in [6, 6.07) is 3.42. The molecule has 2 heterocycles. The van der Waals surface area contributed by atoms with Crippen LogP contribution in [0.4, 0.5) is 0 Å². The van der Waals surface area contributed by atoms with E-state index in [9.17, 15) is 0 Å². The predicted octanol–water partition coefficient (Wildman–Crippen LogP) is 3.07. The van der Waals surface area contributed by atoms with Gasteiger partial charge in [-0.2, -0.15) is 0 Å². The third-order valence-corrected chi connectivity index (χ3v) is 5.34. The number of nitrogens with one attached hydrogen (secondary N) is 1. The van der Waals surface area contributed by atoms with Crippen molar-refractivity contribution in [3.63, 3.8) is 0 Å². The molecule has 0 radical (unpaired) electrons. The topological polar surface area (TPSA) is 15.3 Å². The van der Waals surface area contributed by atoms with E-state index < -0.39 is 0 Å². The van der Waals surface area contributed by atoms with E-state index in [0.29, 0.717) is 12.1 Å². The second-order valence-electron chi connectivity index (χ2n) is 5.26. The lowest BCUT2D eigenvalue weighted by Crippen LogP contribution is -2.41. The number of likely N-dealkylation sites (tertiary alicyclic amines) is 1. The fourth-order valence-corrected chi connectivity index (χ4v) is 4.32. The summed E-state index contributed by atoms with van der Waals surface area (Å²) in [6.07, 6.45) is 5.02. The summed E-state index contributed by atoms with van der Waals surface area (Å²) in [7, 11) is 2.21. The second-order valence-corrected chi connectivity index (χ2v) is 7.03. The molecule has 1 aliphatic heterocycles. The van der Waals surface area contributed by atoms with Gasteiger partial charge in [0.25, 0.3) is 0 Å². The van der Waals surface area contributed by atoms with Crippen LogP contribution in [-0.2, 0) is 6.42 Å². The standard InChI is InChI=1S/C13H19ClN2S/c1-16-6-4-9(5-7-16)15-11-2-3-12-10(11)8-13(14)17-12/h8-9,11,15H,2-7H2,1H3. The minimum Gasteiger partial charge on any atom is -0.307 e. The van der Waals surface area contributed by atoms with Crippen molar-refractivity contribution in [2.75, 3.05) is 20.1 Å². The molecule has 1 aromatic rings. The highest BCUT2D eigenvalue weighted by Gasteiger charge is 2.27. The number of nitrogens with zero attached hydrogens (tertiary/aromatic N) is 1. The van der Waals surface area contributed by atoms with Gasteiger partial charge in [0.2, 0.25) is 0 Å². The quantitative estimate of drug-likeness (QED) is 0.889. The van der Waals surface area contributed by atoms with Gasteiger partial charge in [-0.3, -0.25) is 0 Å². The lowest BCUT2D eigenvalue weighted by molar-refractivity contribution is 0.224. The Bertz CT molecular complexity index is 396. The molecule has 17 heavy (non-hydrogen) atoms. The van der Waals surface area contributed by atoms with E-state index >= 15 is 0 Å². The Morgan fingerprint density at radius 2 is 2.12 bits per heavy atom. The van der Waals surface area contributed by atoms with Crippen LogP contribution >= 0.6 is 22.9 Å². The Balaban J connectivity index is 1.63. The molecule has 3 rings (SSSR count). The number of piperidine rings is 1. The maximum atomic E-state index is 6.09. The molecule has 1 fully saturated rings. The predicted molar refractivity (Wildman–Crippen MR) is 74.0 cm³/mol. The minimum absolute atomic E-state index is 0.558. The van der Waals surface area contributed by atoms with E-state index in [1.54, 1.807) is 11.3 Å². The van der Waals surface area contributed by atoms with Gasteiger partial charge in [-0.1, -0.05) is 11.6 Å². The van der Waals surface area contributed by atoms with Crippen LogP contribution in [0.25, 0.3) is 0 Å². The average Bonchev–Trinajstić information content (AvgIpc) is 2.83. The number of halogens is 1. The Kier molecular flexibility index (Phi) is 3.44. The monoisotopic (exact) mass is 270 g/mol. The van der Waals surface area contributed by atoms with Crippen molar-refractivity contribution < 1.29 is 0 Å². The summed E-state index contributed by atoms with van der Waals surface area (Å²) < 4.78 is 0.949. The highest BCUT2D eigenvalue weighted by atomic mass is 35.5. The zero-order chi connectivity index (χ0) is 11.8. The fourth-order valence-electron chi connectivity index (χ4n) is 2.96. The van der Waals surface area contributed by atoms with Crippen LogP contribution in [0, 0.1) is 0 Å². The largest absolute Gasteiger partial charge is 0.307 e. The maximum absolute atomic E-state index is 6.09. The van der Waals surface area contributed by atoms with Gasteiger partial charge in [0.05, 0.1) is 4.34 Å². The van der Waals surface area contributed by atoms with Gasteiger partial charge in [0.1, 0.15) is 0 Å². The number of rotatable bonds is 2. The van der Waals surface area contributed by atoms with Crippen molar-refractivity contribution in [2.24, 2.45) is 0 Å². The van der Waals surface area contributed by atoms with Gasteiger partial charge >= 0.3 is 0 Å². The molecule has 2 aliphatic rings. The third-order valence-electron chi connectivity index (χ3n) is 4.00. The van der Waals surface area contributed by atoms with Crippen molar-refractivity contribution in [2.45, 2.75) is 37.8 Å². The highest BCUT2D eigenvalue weighted by molar-refractivity contribution is 7.16. The summed E-state index contributed by atoms with van der Waals surface area (Å²) in [5.74, 6) is 0. The number of aryl methyl sites for hydroxylation is 1. The van der Waals surface area contributed by atoms with E-state index in [1.165, 1.54) is 49.2 Å². The van der Waals surface area contributed by atoms with Crippen LogP contribution in [-0.4, -0.2) is 31.1 Å². The van der Waals surface area contributed by atoms with Gasteiger partial charge < -0.3 is 10.2 Å². The summed E-state index contributed by atoms with van der Waals surface area (Å²) in [6.45, 7) is 2.45. The molecule has 1 aromatic heterocycles. The molecule has 1 atom stereocenters. The number of fused-ring (bicyclic) bond motifs is 1. The fraction of sp³-hybridized carbons (Fsp3) is 0.692. The van der Waals surface area contributed by atoms with E-state index in [0.717, 1.165) is 4.34 Å². The van der Waals surface area contributed by atoms with Crippen LogP contribution in [0.1, 0.15) is 35.7 Å². The first-order valence-electron chi connectivity index (χ1n) is 6.45. The maximum Gasteiger partial charge on any atom is 0.0934 e. The second kappa shape index (κ2) is 4.88. The van der Waals surface area contributed by atoms with Crippen molar-refractivity contribution in [3.05, 3.63) is 20.8 Å². The normalized spacial score (nSPS) is 26.4. The minimum atomic E-state index is 0.558. The first-order valence-corrected chi connectivity index (χ1v) is 7.64. The molecule has 0 bridgehead atoms. The Morgan fingerprint density at radius 1 is 1.35 bits per heavy atom. The van der Waals surface area contributed by atoms with Gasteiger partial charge in [0, 0.05) is 17.0 Å². The molecule has 1 saturated heterocycles. The van der Waals surface area contributed by atoms with Gasteiger partial charge in [0.15, 0.2) is 0 Å². The summed E-state index contributed by atoms with van der Waals surface area (Å²) >= 11 is 7.85. The zero-order valence-electron chi connectivity index (χ0n) is 10.2. The molecule has 0 amide bonds. The number of hydrogen-bond acceptors (Lipinski definition) is 3. The third kappa shape index (κ3) is 2.53. The molecule has 4 heteroatoms. The Hall–Kier alpha value is -0.0900. The van der Waals surface area contributed by atoms with Crippen LogP contribution in [0.2, 0.25) is 4.34 Å². The zero-order valence-corrected chi connectivity index (χ0v) is 11.8. The lowest BCUT2D eigenvalue weighted by atomic mass is 10.0. The van der Waals surface area contributed by atoms with Crippen molar-refractivity contribution in [3.8, 4) is 0 Å². The Labute approximate surface area is 112 Å². The molecule has 2 nitrogen and oxygen atoms in total. The van der Waals surface area contributed by atoms with E-state index in [2.05, 4.69) is 23.3 Å². The molecule has 0 spiro atoms. The summed E-state index contributed by atoms with van der Waals surface area (Å²) in [4.78, 5) is 3.92. The Morgan fingerprint density at radius 3 is 2.88 bits per heavy atom. The molecule has 1 aliphatic carbocycles. The van der Waals surface area contributed by atoms with E-state index in [4.69, 9.17) is 11.6 Å². The lowest BCUT2D eigenvalue weighted by Gasteiger charge is -2.31. The summed E-state index contributed by atoms with van der Waals surface area (Å²) in [5, 5.41) is 3.83. The molecular weight excluding hydrogens is 252 g/mol. The molecular formula is C13H19ClN2S. The molecule has 1 unspecified atom stereocenters. The SMILES string of the molecule is CN1CCC(NC2CCc3sc(Cl)cc32)CC1. The number of thiophene rings is 1. The first-order chi connectivity index (χ1) is 8.22. The van der Waals surface area contributed by atoms with Crippen LogP contribution < -0.4 is 5.32 Å². The van der Waals surface area contributed by atoms with Gasteiger partial charge in [-0.05, 0) is 57.5 Å².